The first-order chi connectivity index (χ1) is 13.6. The van der Waals surface area contributed by atoms with E-state index in [0.717, 1.165) is 5.69 Å². The highest BCUT2D eigenvalue weighted by Crippen LogP contribution is 2.29. The van der Waals surface area contributed by atoms with E-state index in [1.54, 1.807) is 44.6 Å². The Morgan fingerprint density at radius 2 is 1.61 bits per heavy atom. The Labute approximate surface area is 163 Å². The van der Waals surface area contributed by atoms with Crippen LogP contribution in [-0.2, 0) is 0 Å². The number of anilines is 3. The zero-order valence-corrected chi connectivity index (χ0v) is 15.9. The van der Waals surface area contributed by atoms with Crippen LogP contribution in [0.25, 0.3) is 0 Å². The molecule has 3 rings (SSSR count). The molecule has 7 heteroatoms. The molecule has 144 valence electrons. The average Bonchev–Trinajstić information content (AvgIpc) is 2.74. The van der Waals surface area contributed by atoms with Gasteiger partial charge in [0, 0.05) is 12.3 Å². The van der Waals surface area contributed by atoms with Gasteiger partial charge in [-0.05, 0) is 36.4 Å². The van der Waals surface area contributed by atoms with Gasteiger partial charge >= 0.3 is 0 Å². The lowest BCUT2D eigenvalue weighted by atomic mass is 10.2. The predicted molar refractivity (Wildman–Crippen MR) is 108 cm³/mol. The number of ether oxygens (including phenoxy) is 3. The summed E-state index contributed by atoms with van der Waals surface area (Å²) >= 11 is 0. The van der Waals surface area contributed by atoms with Gasteiger partial charge in [-0.25, -0.2) is 4.98 Å². The molecular weight excluding hydrogens is 358 g/mol. The number of rotatable bonds is 7. The number of methoxy groups -OCH3 is 3. The number of aromatic nitrogens is 1. The monoisotopic (exact) mass is 379 g/mol. The van der Waals surface area contributed by atoms with Gasteiger partial charge in [-0.15, -0.1) is 0 Å². The fourth-order valence-electron chi connectivity index (χ4n) is 2.59. The first kappa shape index (κ1) is 19.0. The van der Waals surface area contributed by atoms with Crippen molar-refractivity contribution in [3.05, 3.63) is 66.4 Å². The van der Waals surface area contributed by atoms with E-state index in [4.69, 9.17) is 14.2 Å². The van der Waals surface area contributed by atoms with E-state index < -0.39 is 0 Å². The Morgan fingerprint density at radius 3 is 2.29 bits per heavy atom. The maximum Gasteiger partial charge on any atom is 0.257 e. The number of hydrogen-bond acceptors (Lipinski definition) is 6. The Bertz CT molecular complexity index is 958. The molecule has 2 aromatic carbocycles. The molecule has 7 nitrogen and oxygen atoms in total. The Balaban J connectivity index is 1.74. The van der Waals surface area contributed by atoms with Crippen LogP contribution in [0, 0.1) is 0 Å². The minimum absolute atomic E-state index is 0.303. The van der Waals surface area contributed by atoms with E-state index in [1.165, 1.54) is 13.3 Å². The number of hydrogen-bond donors (Lipinski definition) is 2. The summed E-state index contributed by atoms with van der Waals surface area (Å²) in [6, 6.07) is 16.1. The van der Waals surface area contributed by atoms with Crippen LogP contribution in [0.1, 0.15) is 10.4 Å². The molecule has 3 aromatic rings. The van der Waals surface area contributed by atoms with Crippen molar-refractivity contribution in [1.29, 1.82) is 0 Å². The fraction of sp³-hybridized carbons (Fsp3) is 0.143. The van der Waals surface area contributed by atoms with Crippen LogP contribution in [0.3, 0.4) is 0 Å². The fourth-order valence-corrected chi connectivity index (χ4v) is 2.59. The average molecular weight is 379 g/mol. The number of amides is 1. The second-order valence-corrected chi connectivity index (χ2v) is 5.78. The van der Waals surface area contributed by atoms with Crippen molar-refractivity contribution in [2.45, 2.75) is 0 Å². The molecule has 0 radical (unpaired) electrons. The van der Waals surface area contributed by atoms with Crippen LogP contribution in [0.2, 0.25) is 0 Å². The van der Waals surface area contributed by atoms with Crippen molar-refractivity contribution < 1.29 is 19.0 Å². The Hall–Kier alpha value is -3.74. The molecule has 0 aliphatic rings. The molecule has 0 unspecified atom stereocenters. The van der Waals surface area contributed by atoms with Gasteiger partial charge in [0.05, 0.1) is 38.3 Å². The highest BCUT2D eigenvalue weighted by atomic mass is 16.5. The largest absolute Gasteiger partial charge is 0.497 e. The summed E-state index contributed by atoms with van der Waals surface area (Å²) in [6.07, 6.45) is 1.50. The molecule has 28 heavy (non-hydrogen) atoms. The van der Waals surface area contributed by atoms with Gasteiger partial charge < -0.3 is 24.8 Å². The van der Waals surface area contributed by atoms with Crippen molar-refractivity contribution in [3.8, 4) is 17.2 Å². The number of carbonyl (C=O) groups is 1. The molecule has 2 N–H and O–H groups in total. The molecular formula is C21H21N3O4. The van der Waals surface area contributed by atoms with Gasteiger partial charge in [0.25, 0.3) is 5.91 Å². The third kappa shape index (κ3) is 4.32. The Morgan fingerprint density at radius 1 is 0.857 bits per heavy atom. The summed E-state index contributed by atoms with van der Waals surface area (Å²) in [7, 11) is 4.70. The summed E-state index contributed by atoms with van der Waals surface area (Å²) in [6.45, 7) is 0. The summed E-state index contributed by atoms with van der Waals surface area (Å²) in [5, 5.41) is 5.98. The van der Waals surface area contributed by atoms with Gasteiger partial charge in [-0.1, -0.05) is 12.1 Å². The first-order valence-corrected chi connectivity index (χ1v) is 8.54. The highest BCUT2D eigenvalue weighted by molar-refractivity contribution is 6.05. The SMILES string of the molecule is COc1ccc(OC)c(NC(=O)c2ccc(Nc3ccccc3OC)nc2)c1. The molecule has 1 heterocycles. The lowest BCUT2D eigenvalue weighted by Gasteiger charge is -2.12. The lowest BCUT2D eigenvalue weighted by molar-refractivity contribution is 0.102. The van der Waals surface area contributed by atoms with E-state index in [9.17, 15) is 4.79 Å². The van der Waals surface area contributed by atoms with Gasteiger partial charge in [0.15, 0.2) is 0 Å². The van der Waals surface area contributed by atoms with Gasteiger partial charge in [0.1, 0.15) is 23.1 Å². The third-order valence-corrected chi connectivity index (χ3v) is 4.05. The predicted octanol–water partition coefficient (Wildman–Crippen LogP) is 4.10. The van der Waals surface area contributed by atoms with Gasteiger partial charge in [0.2, 0.25) is 0 Å². The number of benzene rings is 2. The zero-order chi connectivity index (χ0) is 19.9. The molecule has 0 aliphatic carbocycles. The minimum atomic E-state index is -0.303. The van der Waals surface area contributed by atoms with Crippen LogP contribution in [0.15, 0.2) is 60.8 Å². The summed E-state index contributed by atoms with van der Waals surface area (Å²) < 4.78 is 15.8. The summed E-state index contributed by atoms with van der Waals surface area (Å²) in [5.41, 5.74) is 1.72. The van der Waals surface area contributed by atoms with Gasteiger partial charge in [-0.3, -0.25) is 4.79 Å². The van der Waals surface area contributed by atoms with E-state index in [1.807, 2.05) is 24.3 Å². The molecule has 0 aliphatic heterocycles. The van der Waals surface area contributed by atoms with E-state index >= 15 is 0 Å². The number of para-hydroxylation sites is 2. The standard InChI is InChI=1S/C21H21N3O4/c1-26-15-9-10-19(28-3)17(12-15)24-21(25)14-8-11-20(22-13-14)23-16-6-4-5-7-18(16)27-2/h4-13H,1-3H3,(H,22,23)(H,24,25). The molecule has 0 spiro atoms. The molecule has 0 fully saturated rings. The minimum Gasteiger partial charge on any atom is -0.497 e. The molecule has 0 bridgehead atoms. The van der Waals surface area contributed by atoms with E-state index in [2.05, 4.69) is 15.6 Å². The second kappa shape index (κ2) is 8.77. The van der Waals surface area contributed by atoms with Crippen LogP contribution < -0.4 is 24.8 Å². The van der Waals surface area contributed by atoms with Crippen LogP contribution in [-0.4, -0.2) is 32.2 Å². The van der Waals surface area contributed by atoms with Crippen molar-refractivity contribution in [3.63, 3.8) is 0 Å². The van der Waals surface area contributed by atoms with Crippen molar-refractivity contribution >= 4 is 23.1 Å². The molecule has 1 aromatic heterocycles. The van der Waals surface area contributed by atoms with Crippen LogP contribution in [0.4, 0.5) is 17.2 Å². The zero-order valence-electron chi connectivity index (χ0n) is 15.9. The molecule has 0 saturated carbocycles. The summed E-state index contributed by atoms with van der Waals surface area (Å²) in [5.74, 6) is 2.15. The van der Waals surface area contributed by atoms with Crippen molar-refractivity contribution in [2.75, 3.05) is 32.0 Å². The van der Waals surface area contributed by atoms with Crippen molar-refractivity contribution in [1.82, 2.24) is 4.98 Å². The number of nitrogens with zero attached hydrogens (tertiary/aromatic N) is 1. The highest BCUT2D eigenvalue weighted by Gasteiger charge is 2.12. The maximum atomic E-state index is 12.6. The summed E-state index contributed by atoms with van der Waals surface area (Å²) in [4.78, 5) is 16.9. The molecule has 0 atom stereocenters. The smallest absolute Gasteiger partial charge is 0.257 e. The van der Waals surface area contributed by atoms with Crippen LogP contribution in [0.5, 0.6) is 17.2 Å². The third-order valence-electron chi connectivity index (χ3n) is 4.05. The number of pyridine rings is 1. The quantitative estimate of drug-likeness (QED) is 0.643. The normalized spacial score (nSPS) is 10.1. The second-order valence-electron chi connectivity index (χ2n) is 5.78. The topological polar surface area (TPSA) is 81.7 Å². The van der Waals surface area contributed by atoms with Crippen molar-refractivity contribution in [2.24, 2.45) is 0 Å². The molecule has 1 amide bonds. The first-order valence-electron chi connectivity index (χ1n) is 8.54. The van der Waals surface area contributed by atoms with Gasteiger partial charge in [-0.2, -0.15) is 0 Å². The maximum absolute atomic E-state index is 12.6. The lowest BCUT2D eigenvalue weighted by Crippen LogP contribution is -2.13. The Kier molecular flexibility index (Phi) is 5.96. The molecule has 0 saturated heterocycles. The number of carbonyl (C=O) groups excluding carboxylic acids is 1. The van der Waals surface area contributed by atoms with Crippen LogP contribution >= 0.6 is 0 Å². The number of nitrogens with one attached hydrogen (secondary N) is 2. The van der Waals surface area contributed by atoms with E-state index in [0.29, 0.717) is 34.3 Å². The van der Waals surface area contributed by atoms with E-state index in [-0.39, 0.29) is 5.91 Å².